The first kappa shape index (κ1) is 16.2. The Morgan fingerprint density at radius 1 is 1.29 bits per heavy atom. The molecule has 3 heterocycles. The number of ether oxygens (including phenoxy) is 1. The Kier molecular flexibility index (Phi) is 4.59. The number of pyridine rings is 1. The van der Waals surface area contributed by atoms with Gasteiger partial charge < -0.3 is 14.5 Å². The zero-order chi connectivity index (χ0) is 17.1. The van der Waals surface area contributed by atoms with Crippen molar-refractivity contribution in [3.63, 3.8) is 0 Å². The Labute approximate surface area is 141 Å². The number of carbonyl (C=O) groups excluding carboxylic acids is 1. The average Bonchev–Trinajstić information content (AvgIpc) is 3.04. The molecule has 7 heteroatoms. The monoisotopic (exact) mass is 327 g/mol. The van der Waals surface area contributed by atoms with Gasteiger partial charge in [-0.3, -0.25) is 9.78 Å². The Bertz CT molecular complexity index is 717. The number of hydrogen-bond acceptors (Lipinski definition) is 6. The van der Waals surface area contributed by atoms with Crippen molar-refractivity contribution in [1.82, 2.24) is 20.1 Å². The zero-order valence-electron chi connectivity index (χ0n) is 14.1. The molecule has 1 saturated heterocycles. The van der Waals surface area contributed by atoms with Gasteiger partial charge in [0.2, 0.25) is 5.88 Å². The van der Waals surface area contributed by atoms with Crippen LogP contribution in [0.2, 0.25) is 0 Å². The standard InChI is InChI=1S/C17H21N5O2/c1-12-14(5-4-9-18-12)17(23)22-10-8-13(11-22)24-16-7-6-15(19-20-16)21(2)3/h4-7,9,13H,8,10-11H2,1-3H3. The van der Waals surface area contributed by atoms with Gasteiger partial charge in [-0.2, -0.15) is 0 Å². The number of aryl methyl sites for hydroxylation is 1. The SMILES string of the molecule is Cc1ncccc1C(=O)N1CCC(Oc2ccc(N(C)C)nn2)C1. The topological polar surface area (TPSA) is 71.5 Å². The molecule has 0 saturated carbocycles. The molecule has 0 radical (unpaired) electrons. The molecule has 1 unspecified atom stereocenters. The summed E-state index contributed by atoms with van der Waals surface area (Å²) in [5.41, 5.74) is 1.39. The molecule has 7 nitrogen and oxygen atoms in total. The first-order valence-electron chi connectivity index (χ1n) is 7.93. The van der Waals surface area contributed by atoms with Crippen LogP contribution in [0, 0.1) is 6.92 Å². The number of hydrogen-bond donors (Lipinski definition) is 0. The van der Waals surface area contributed by atoms with Crippen LogP contribution in [0.15, 0.2) is 30.5 Å². The van der Waals surface area contributed by atoms with Gasteiger partial charge in [-0.1, -0.05) is 0 Å². The van der Waals surface area contributed by atoms with Crippen molar-refractivity contribution in [2.75, 3.05) is 32.1 Å². The summed E-state index contributed by atoms with van der Waals surface area (Å²) in [6.45, 7) is 3.06. The molecular weight excluding hydrogens is 306 g/mol. The highest BCUT2D eigenvalue weighted by Crippen LogP contribution is 2.19. The van der Waals surface area contributed by atoms with E-state index in [1.165, 1.54) is 0 Å². The summed E-state index contributed by atoms with van der Waals surface area (Å²) in [5.74, 6) is 1.26. The summed E-state index contributed by atoms with van der Waals surface area (Å²) in [6, 6.07) is 7.26. The van der Waals surface area contributed by atoms with Gasteiger partial charge in [0, 0.05) is 45.0 Å². The second-order valence-electron chi connectivity index (χ2n) is 6.04. The minimum Gasteiger partial charge on any atom is -0.471 e. The molecule has 2 aromatic rings. The minimum atomic E-state index is -0.0644. The molecule has 1 aliphatic rings. The van der Waals surface area contributed by atoms with E-state index in [1.54, 1.807) is 23.2 Å². The van der Waals surface area contributed by atoms with Crippen LogP contribution in [-0.2, 0) is 0 Å². The van der Waals surface area contributed by atoms with Crippen molar-refractivity contribution in [1.29, 1.82) is 0 Å². The minimum absolute atomic E-state index is 0.000685. The molecule has 3 rings (SSSR count). The molecule has 2 aromatic heterocycles. The smallest absolute Gasteiger partial charge is 0.255 e. The average molecular weight is 327 g/mol. The molecule has 0 N–H and O–H groups in total. The van der Waals surface area contributed by atoms with E-state index in [0.717, 1.165) is 17.9 Å². The van der Waals surface area contributed by atoms with Gasteiger partial charge in [0.05, 0.1) is 12.1 Å². The number of anilines is 1. The van der Waals surface area contributed by atoms with E-state index < -0.39 is 0 Å². The number of amides is 1. The maximum atomic E-state index is 12.6. The molecule has 24 heavy (non-hydrogen) atoms. The van der Waals surface area contributed by atoms with E-state index in [2.05, 4.69) is 15.2 Å². The van der Waals surface area contributed by atoms with E-state index in [-0.39, 0.29) is 12.0 Å². The van der Waals surface area contributed by atoms with Gasteiger partial charge in [0.1, 0.15) is 6.10 Å². The molecule has 1 amide bonds. The number of carbonyl (C=O) groups is 1. The van der Waals surface area contributed by atoms with Crippen molar-refractivity contribution in [3.05, 3.63) is 41.7 Å². The van der Waals surface area contributed by atoms with E-state index in [0.29, 0.717) is 24.5 Å². The van der Waals surface area contributed by atoms with E-state index in [1.807, 2.05) is 38.1 Å². The van der Waals surface area contributed by atoms with Crippen LogP contribution in [0.1, 0.15) is 22.5 Å². The molecule has 126 valence electrons. The van der Waals surface area contributed by atoms with Crippen molar-refractivity contribution in [2.24, 2.45) is 0 Å². The fraction of sp³-hybridized carbons (Fsp3) is 0.412. The van der Waals surface area contributed by atoms with Gasteiger partial charge in [0.25, 0.3) is 5.91 Å². The first-order valence-corrected chi connectivity index (χ1v) is 7.93. The molecule has 1 aliphatic heterocycles. The number of nitrogens with zero attached hydrogens (tertiary/aromatic N) is 5. The second kappa shape index (κ2) is 6.82. The fourth-order valence-corrected chi connectivity index (χ4v) is 2.67. The molecular formula is C17H21N5O2. The van der Waals surface area contributed by atoms with E-state index >= 15 is 0 Å². The van der Waals surface area contributed by atoms with Crippen molar-refractivity contribution in [3.8, 4) is 5.88 Å². The molecule has 0 aromatic carbocycles. The van der Waals surface area contributed by atoms with Crippen LogP contribution >= 0.6 is 0 Å². The summed E-state index contributed by atoms with van der Waals surface area (Å²) in [6.07, 6.45) is 2.41. The number of likely N-dealkylation sites (tertiary alicyclic amines) is 1. The van der Waals surface area contributed by atoms with Gasteiger partial charge >= 0.3 is 0 Å². The second-order valence-corrected chi connectivity index (χ2v) is 6.04. The van der Waals surface area contributed by atoms with Crippen LogP contribution in [0.4, 0.5) is 5.82 Å². The molecule has 1 fully saturated rings. The Morgan fingerprint density at radius 3 is 2.79 bits per heavy atom. The maximum Gasteiger partial charge on any atom is 0.255 e. The van der Waals surface area contributed by atoms with Gasteiger partial charge in [-0.05, 0) is 25.1 Å². The van der Waals surface area contributed by atoms with Crippen LogP contribution in [0.5, 0.6) is 5.88 Å². The van der Waals surface area contributed by atoms with Crippen molar-refractivity contribution >= 4 is 11.7 Å². The molecule has 1 atom stereocenters. The third-order valence-electron chi connectivity index (χ3n) is 4.04. The zero-order valence-corrected chi connectivity index (χ0v) is 14.1. The predicted octanol–water partition coefficient (Wildman–Crippen LogP) is 1.54. The molecule has 0 bridgehead atoms. The van der Waals surface area contributed by atoms with Crippen molar-refractivity contribution in [2.45, 2.75) is 19.4 Å². The van der Waals surface area contributed by atoms with E-state index in [9.17, 15) is 4.79 Å². The summed E-state index contributed by atoms with van der Waals surface area (Å²) >= 11 is 0. The maximum absolute atomic E-state index is 12.6. The van der Waals surface area contributed by atoms with Crippen LogP contribution in [-0.4, -0.2) is 59.3 Å². The largest absolute Gasteiger partial charge is 0.471 e. The fourth-order valence-electron chi connectivity index (χ4n) is 2.67. The quantitative estimate of drug-likeness (QED) is 0.848. The Balaban J connectivity index is 1.61. The van der Waals surface area contributed by atoms with Crippen LogP contribution < -0.4 is 9.64 Å². The van der Waals surface area contributed by atoms with Crippen molar-refractivity contribution < 1.29 is 9.53 Å². The molecule has 0 spiro atoms. The highest BCUT2D eigenvalue weighted by Gasteiger charge is 2.29. The van der Waals surface area contributed by atoms with Gasteiger partial charge in [-0.15, -0.1) is 10.2 Å². The summed E-state index contributed by atoms with van der Waals surface area (Å²) in [4.78, 5) is 20.4. The third kappa shape index (κ3) is 3.45. The Hall–Kier alpha value is -2.70. The lowest BCUT2D eigenvalue weighted by molar-refractivity contribution is 0.0769. The predicted molar refractivity (Wildman–Crippen MR) is 90.3 cm³/mol. The lowest BCUT2D eigenvalue weighted by atomic mass is 10.2. The van der Waals surface area contributed by atoms with Crippen LogP contribution in [0.3, 0.4) is 0 Å². The van der Waals surface area contributed by atoms with Crippen LogP contribution in [0.25, 0.3) is 0 Å². The highest BCUT2D eigenvalue weighted by molar-refractivity contribution is 5.95. The normalized spacial score (nSPS) is 17.0. The van der Waals surface area contributed by atoms with Gasteiger partial charge in [0.15, 0.2) is 5.82 Å². The summed E-state index contributed by atoms with van der Waals surface area (Å²) in [5, 5.41) is 8.17. The molecule has 0 aliphatic carbocycles. The van der Waals surface area contributed by atoms with Gasteiger partial charge in [-0.25, -0.2) is 0 Å². The first-order chi connectivity index (χ1) is 11.5. The van der Waals surface area contributed by atoms with E-state index in [4.69, 9.17) is 4.74 Å². The Morgan fingerprint density at radius 2 is 2.12 bits per heavy atom. The third-order valence-corrected chi connectivity index (χ3v) is 4.04. The summed E-state index contributed by atoms with van der Waals surface area (Å²) in [7, 11) is 3.82. The lowest BCUT2D eigenvalue weighted by Crippen LogP contribution is -2.31. The highest BCUT2D eigenvalue weighted by atomic mass is 16.5. The lowest BCUT2D eigenvalue weighted by Gasteiger charge is -2.18. The number of aromatic nitrogens is 3. The number of rotatable bonds is 4. The summed E-state index contributed by atoms with van der Waals surface area (Å²) < 4.78 is 5.85.